The predicted molar refractivity (Wildman–Crippen MR) is 70.6 cm³/mol. The van der Waals surface area contributed by atoms with Crippen molar-refractivity contribution < 1.29 is 19.0 Å². The number of nitrogens with zero attached hydrogens (tertiary/aromatic N) is 4. The van der Waals surface area contributed by atoms with Gasteiger partial charge in [-0.1, -0.05) is 0 Å². The van der Waals surface area contributed by atoms with Crippen LogP contribution in [0.25, 0.3) is 11.2 Å². The molecule has 0 aromatic carbocycles. The highest BCUT2D eigenvalue weighted by molar-refractivity contribution is 9.10. The van der Waals surface area contributed by atoms with Gasteiger partial charge < -0.3 is 19.7 Å². The molecule has 0 aliphatic rings. The Bertz CT molecular complexity index is 567. The van der Waals surface area contributed by atoms with Crippen LogP contribution in [-0.2, 0) is 20.6 Å². The van der Waals surface area contributed by atoms with Gasteiger partial charge in [0.25, 0.3) is 0 Å². The van der Waals surface area contributed by atoms with Gasteiger partial charge in [0, 0.05) is 7.11 Å². The molecule has 2 aromatic heterocycles. The van der Waals surface area contributed by atoms with E-state index in [2.05, 4.69) is 40.1 Å². The number of aromatic nitrogens is 4. The maximum Gasteiger partial charge on any atom is 0.359 e. The zero-order valence-corrected chi connectivity index (χ0v) is 12.3. The molecule has 0 bridgehead atoms. The van der Waals surface area contributed by atoms with E-state index in [-0.39, 0.29) is 6.61 Å². The van der Waals surface area contributed by atoms with E-state index in [0.29, 0.717) is 28.3 Å². The second-order valence-corrected chi connectivity index (χ2v) is 4.98. The normalized spacial score (nSPS) is 13.0. The van der Waals surface area contributed by atoms with E-state index in [1.807, 2.05) is 0 Å². The van der Waals surface area contributed by atoms with Crippen LogP contribution in [0.2, 0.25) is 0 Å². The van der Waals surface area contributed by atoms with Gasteiger partial charge >= 0.3 is 8.60 Å². The minimum atomic E-state index is -2.00. The highest BCUT2D eigenvalue weighted by Crippen LogP contribution is 2.31. The maximum absolute atomic E-state index is 9.01. The fourth-order valence-corrected chi connectivity index (χ4v) is 2.12. The van der Waals surface area contributed by atoms with Crippen LogP contribution in [0.15, 0.2) is 11.1 Å². The average molecular weight is 352 g/mol. The fourth-order valence-electron chi connectivity index (χ4n) is 1.37. The lowest BCUT2D eigenvalue weighted by Crippen LogP contribution is -2.07. The van der Waals surface area contributed by atoms with Crippen molar-refractivity contribution in [1.29, 1.82) is 0 Å². The third-order valence-corrected chi connectivity index (χ3v) is 3.34. The molecule has 0 fully saturated rings. The molecule has 104 valence electrons. The summed E-state index contributed by atoms with van der Waals surface area (Å²) in [7, 11) is -0.685. The Morgan fingerprint density at radius 3 is 3.05 bits per heavy atom. The van der Waals surface area contributed by atoms with Gasteiger partial charge in [-0.15, -0.1) is 0 Å². The summed E-state index contributed by atoms with van der Waals surface area (Å²) in [6.07, 6.45) is 1.36. The monoisotopic (exact) mass is 351 g/mol. The molecule has 1 unspecified atom stereocenters. The summed E-state index contributed by atoms with van der Waals surface area (Å²) in [5, 5.41) is 0. The molecule has 2 heterocycles. The standard InChI is InChI=1S/C8H11BrN5O4P/c1-16-19(15)18-17-3-2-14-7-5(13-8(14)9)6(10)11-4-12-7/h4,15H,2-3H2,1H3,(H2,10,11,12). The first-order valence-corrected chi connectivity index (χ1v) is 7.00. The molecule has 19 heavy (non-hydrogen) atoms. The van der Waals surface area contributed by atoms with Crippen molar-refractivity contribution in [3.05, 3.63) is 11.1 Å². The first kappa shape index (κ1) is 14.5. The molecule has 1 atom stereocenters. The van der Waals surface area contributed by atoms with Crippen molar-refractivity contribution in [2.75, 3.05) is 19.5 Å². The number of imidazole rings is 1. The van der Waals surface area contributed by atoms with Crippen molar-refractivity contribution in [1.82, 2.24) is 19.5 Å². The molecule has 0 saturated heterocycles. The molecule has 2 aromatic rings. The summed E-state index contributed by atoms with van der Waals surface area (Å²) in [5.41, 5.74) is 6.80. The number of nitrogens with two attached hydrogens (primary N) is 1. The highest BCUT2D eigenvalue weighted by Gasteiger charge is 2.13. The van der Waals surface area contributed by atoms with Crippen LogP contribution < -0.4 is 5.73 Å². The zero-order valence-electron chi connectivity index (χ0n) is 9.85. The molecule has 9 nitrogen and oxygen atoms in total. The number of fused-ring (bicyclic) bond motifs is 1. The lowest BCUT2D eigenvalue weighted by Gasteiger charge is -2.07. The van der Waals surface area contributed by atoms with Gasteiger partial charge in [0.15, 0.2) is 21.7 Å². The number of halogens is 1. The summed E-state index contributed by atoms with van der Waals surface area (Å²) in [4.78, 5) is 26.0. The quantitative estimate of drug-likeness (QED) is 0.260. The van der Waals surface area contributed by atoms with Gasteiger partial charge in [-0.3, -0.25) is 0 Å². The molecule has 0 aliphatic heterocycles. The molecule has 11 heteroatoms. The van der Waals surface area contributed by atoms with Crippen LogP contribution in [0.1, 0.15) is 0 Å². The Kier molecular flexibility index (Phi) is 4.97. The van der Waals surface area contributed by atoms with Gasteiger partial charge in [0.1, 0.15) is 12.9 Å². The molecule has 2 rings (SSSR count). The molecular weight excluding hydrogens is 341 g/mol. The van der Waals surface area contributed by atoms with Crippen LogP contribution in [-0.4, -0.2) is 38.1 Å². The lowest BCUT2D eigenvalue weighted by atomic mass is 10.5. The minimum Gasteiger partial charge on any atom is -0.382 e. The van der Waals surface area contributed by atoms with Crippen LogP contribution in [0.4, 0.5) is 5.82 Å². The van der Waals surface area contributed by atoms with Crippen molar-refractivity contribution >= 4 is 41.5 Å². The van der Waals surface area contributed by atoms with E-state index in [1.54, 1.807) is 4.57 Å². The molecule has 0 spiro atoms. The van der Waals surface area contributed by atoms with Crippen LogP contribution >= 0.6 is 24.5 Å². The summed E-state index contributed by atoms with van der Waals surface area (Å²) in [6, 6.07) is 0. The van der Waals surface area contributed by atoms with E-state index in [0.717, 1.165) is 0 Å². The van der Waals surface area contributed by atoms with Gasteiger partial charge in [-0.05, 0) is 15.9 Å². The molecule has 0 radical (unpaired) electrons. The first-order chi connectivity index (χ1) is 9.13. The number of hydrogen-bond acceptors (Lipinski definition) is 8. The molecule has 3 N–H and O–H groups in total. The Labute approximate surface area is 117 Å². The minimum absolute atomic E-state index is 0.177. The van der Waals surface area contributed by atoms with Gasteiger partial charge in [-0.2, -0.15) is 4.67 Å². The second-order valence-electron chi connectivity index (χ2n) is 3.28. The Morgan fingerprint density at radius 1 is 1.53 bits per heavy atom. The van der Waals surface area contributed by atoms with E-state index >= 15 is 0 Å². The third kappa shape index (κ3) is 3.35. The number of rotatable bonds is 6. The van der Waals surface area contributed by atoms with Crippen LogP contribution in [0.5, 0.6) is 0 Å². The highest BCUT2D eigenvalue weighted by atomic mass is 79.9. The van der Waals surface area contributed by atoms with Crippen LogP contribution in [0, 0.1) is 0 Å². The molecular formula is C8H11BrN5O4P. The SMILES string of the molecule is COP(O)OOCCn1c(Br)nc2c(N)ncnc21. The largest absolute Gasteiger partial charge is 0.382 e. The summed E-state index contributed by atoms with van der Waals surface area (Å²) >= 11 is 3.30. The predicted octanol–water partition coefficient (Wildman–Crippen LogP) is 0.985. The Hall–Kier alpha value is -0.900. The molecule has 0 amide bonds. The Balaban J connectivity index is 2.04. The van der Waals surface area contributed by atoms with Gasteiger partial charge in [0.05, 0.1) is 6.54 Å². The zero-order chi connectivity index (χ0) is 13.8. The first-order valence-electron chi connectivity index (χ1n) is 5.08. The third-order valence-electron chi connectivity index (χ3n) is 2.18. The number of anilines is 1. The summed E-state index contributed by atoms with van der Waals surface area (Å²) < 4.78 is 11.4. The molecule has 0 aliphatic carbocycles. The van der Waals surface area contributed by atoms with E-state index in [4.69, 9.17) is 15.5 Å². The van der Waals surface area contributed by atoms with Gasteiger partial charge in [0.2, 0.25) is 0 Å². The Morgan fingerprint density at radius 2 is 2.32 bits per heavy atom. The van der Waals surface area contributed by atoms with Crippen molar-refractivity contribution in [3.63, 3.8) is 0 Å². The number of nitrogen functional groups attached to an aromatic ring is 1. The lowest BCUT2D eigenvalue weighted by molar-refractivity contribution is -0.215. The van der Waals surface area contributed by atoms with E-state index in [1.165, 1.54) is 13.4 Å². The van der Waals surface area contributed by atoms with Crippen LogP contribution in [0.3, 0.4) is 0 Å². The van der Waals surface area contributed by atoms with E-state index < -0.39 is 8.60 Å². The average Bonchev–Trinajstić information content (AvgIpc) is 2.72. The summed E-state index contributed by atoms with van der Waals surface area (Å²) in [5.74, 6) is 0.305. The number of hydrogen-bond donors (Lipinski definition) is 2. The topological polar surface area (TPSA) is 118 Å². The summed E-state index contributed by atoms with van der Waals surface area (Å²) in [6.45, 7) is 0.581. The van der Waals surface area contributed by atoms with Crippen molar-refractivity contribution in [2.24, 2.45) is 0 Å². The van der Waals surface area contributed by atoms with E-state index in [9.17, 15) is 0 Å². The molecule has 0 saturated carbocycles. The van der Waals surface area contributed by atoms with Crippen molar-refractivity contribution in [2.45, 2.75) is 6.54 Å². The smallest absolute Gasteiger partial charge is 0.359 e. The second kappa shape index (κ2) is 6.51. The van der Waals surface area contributed by atoms with Gasteiger partial charge in [-0.25, -0.2) is 19.8 Å². The fraction of sp³-hybridized carbons (Fsp3) is 0.375. The van der Waals surface area contributed by atoms with Crippen molar-refractivity contribution in [3.8, 4) is 0 Å². The maximum atomic E-state index is 9.01.